The minimum Gasteiger partial charge on any atom is -0.444 e. The monoisotopic (exact) mass is 476 g/mol. The van der Waals surface area contributed by atoms with Crippen LogP contribution in [-0.2, 0) is 9.47 Å². The number of benzene rings is 2. The van der Waals surface area contributed by atoms with Crippen LogP contribution in [0.5, 0.6) is 0 Å². The van der Waals surface area contributed by atoms with Gasteiger partial charge in [-0.05, 0) is 82.5 Å². The van der Waals surface area contributed by atoms with Crippen LogP contribution in [0.1, 0.15) is 44.7 Å². The Labute approximate surface area is 205 Å². The van der Waals surface area contributed by atoms with E-state index in [1.165, 1.54) is 0 Å². The number of amides is 1. The highest BCUT2D eigenvalue weighted by molar-refractivity contribution is 5.81. The van der Waals surface area contributed by atoms with Crippen LogP contribution in [0.25, 0.3) is 22.6 Å². The first kappa shape index (κ1) is 24.6. The highest BCUT2D eigenvalue weighted by atomic mass is 16.6. The van der Waals surface area contributed by atoms with Gasteiger partial charge in [-0.3, -0.25) is 0 Å². The fraction of sp³-hybridized carbons (Fsp3) is 0.444. The van der Waals surface area contributed by atoms with E-state index < -0.39 is 5.60 Å². The number of piperidine rings is 1. The molecule has 2 aromatic carbocycles. The van der Waals surface area contributed by atoms with Crippen LogP contribution in [0.2, 0.25) is 0 Å². The summed E-state index contributed by atoms with van der Waals surface area (Å²) < 4.78 is 17.4. The van der Waals surface area contributed by atoms with Gasteiger partial charge in [0.15, 0.2) is 5.58 Å². The van der Waals surface area contributed by atoms with E-state index in [2.05, 4.69) is 16.4 Å². The van der Waals surface area contributed by atoms with Crippen molar-refractivity contribution in [3.8, 4) is 17.5 Å². The van der Waals surface area contributed by atoms with Crippen molar-refractivity contribution in [2.24, 2.45) is 0 Å². The molecule has 1 aliphatic heterocycles. The molecule has 1 saturated heterocycles. The average Bonchev–Trinajstić information content (AvgIpc) is 3.26. The van der Waals surface area contributed by atoms with E-state index in [1.807, 2.05) is 52.0 Å². The van der Waals surface area contributed by atoms with Gasteiger partial charge in [0.2, 0.25) is 5.89 Å². The molecule has 35 heavy (non-hydrogen) atoms. The van der Waals surface area contributed by atoms with Crippen molar-refractivity contribution in [3.05, 3.63) is 47.5 Å². The molecule has 0 atom stereocenters. The molecule has 1 amide bonds. The predicted octanol–water partition coefficient (Wildman–Crippen LogP) is 5.50. The first-order valence-electron chi connectivity index (χ1n) is 12.0. The Hall–Kier alpha value is -3.57. The zero-order valence-corrected chi connectivity index (χ0v) is 20.8. The van der Waals surface area contributed by atoms with Crippen molar-refractivity contribution in [2.75, 3.05) is 31.6 Å². The molecule has 8 nitrogen and oxygen atoms in total. The van der Waals surface area contributed by atoms with E-state index in [0.29, 0.717) is 48.8 Å². The minimum atomic E-state index is -0.474. The van der Waals surface area contributed by atoms with Crippen LogP contribution >= 0.6 is 0 Å². The Morgan fingerprint density at radius 2 is 1.94 bits per heavy atom. The summed E-state index contributed by atoms with van der Waals surface area (Å²) in [5.74, 6) is 0.533. The molecule has 1 aliphatic rings. The normalized spacial score (nSPS) is 14.7. The lowest BCUT2D eigenvalue weighted by Crippen LogP contribution is -2.43. The number of likely N-dealkylation sites (tertiary alicyclic amines) is 1. The van der Waals surface area contributed by atoms with Crippen molar-refractivity contribution in [3.63, 3.8) is 0 Å². The van der Waals surface area contributed by atoms with Crippen LogP contribution in [0.15, 0.2) is 40.8 Å². The summed E-state index contributed by atoms with van der Waals surface area (Å²) in [7, 11) is 0. The molecule has 1 aromatic heterocycles. The summed E-state index contributed by atoms with van der Waals surface area (Å²) >= 11 is 0. The Morgan fingerprint density at radius 1 is 1.23 bits per heavy atom. The van der Waals surface area contributed by atoms with Crippen LogP contribution < -0.4 is 5.32 Å². The van der Waals surface area contributed by atoms with Gasteiger partial charge in [-0.2, -0.15) is 5.26 Å². The molecule has 4 rings (SSSR count). The Kier molecular flexibility index (Phi) is 7.27. The summed E-state index contributed by atoms with van der Waals surface area (Å²) in [4.78, 5) is 18.5. The lowest BCUT2D eigenvalue weighted by Gasteiger charge is -2.33. The van der Waals surface area contributed by atoms with Crippen LogP contribution in [0.3, 0.4) is 0 Å². The molecule has 1 N–H and O–H groups in total. The van der Waals surface area contributed by atoms with Gasteiger partial charge in [0.1, 0.15) is 11.1 Å². The molecule has 3 aromatic rings. The van der Waals surface area contributed by atoms with Gasteiger partial charge in [-0.25, -0.2) is 9.78 Å². The Morgan fingerprint density at radius 3 is 2.60 bits per heavy atom. The largest absolute Gasteiger partial charge is 0.444 e. The molecule has 0 saturated carbocycles. The van der Waals surface area contributed by atoms with E-state index in [0.717, 1.165) is 29.7 Å². The van der Waals surface area contributed by atoms with Crippen LogP contribution in [-0.4, -0.2) is 53.9 Å². The maximum Gasteiger partial charge on any atom is 0.410 e. The van der Waals surface area contributed by atoms with E-state index in [4.69, 9.17) is 19.2 Å². The summed E-state index contributed by atoms with van der Waals surface area (Å²) in [6.07, 6.45) is 1.53. The van der Waals surface area contributed by atoms with Gasteiger partial charge >= 0.3 is 6.09 Å². The summed E-state index contributed by atoms with van der Waals surface area (Å²) in [6, 6.07) is 13.6. The molecule has 0 aliphatic carbocycles. The number of carbonyl (C=O) groups excluding carboxylic acids is 1. The van der Waals surface area contributed by atoms with Gasteiger partial charge in [-0.1, -0.05) is 0 Å². The fourth-order valence-electron chi connectivity index (χ4n) is 4.07. The predicted molar refractivity (Wildman–Crippen MR) is 134 cm³/mol. The van der Waals surface area contributed by atoms with Gasteiger partial charge in [0.25, 0.3) is 0 Å². The van der Waals surface area contributed by atoms with Crippen LogP contribution in [0, 0.1) is 18.3 Å². The van der Waals surface area contributed by atoms with E-state index in [9.17, 15) is 4.79 Å². The number of aryl methyl sites for hydroxylation is 1. The van der Waals surface area contributed by atoms with E-state index in [-0.39, 0.29) is 12.2 Å². The maximum atomic E-state index is 12.2. The number of hydrogen-bond donors (Lipinski definition) is 1. The second-order valence-corrected chi connectivity index (χ2v) is 9.81. The lowest BCUT2D eigenvalue weighted by molar-refractivity contribution is -0.00879. The summed E-state index contributed by atoms with van der Waals surface area (Å²) in [5.41, 5.74) is 4.24. The summed E-state index contributed by atoms with van der Waals surface area (Å²) in [5, 5.41) is 12.5. The summed E-state index contributed by atoms with van der Waals surface area (Å²) in [6.45, 7) is 10.1. The van der Waals surface area contributed by atoms with Gasteiger partial charge in [0, 0.05) is 30.9 Å². The molecule has 2 heterocycles. The number of ether oxygens (including phenoxy) is 2. The first-order valence-corrected chi connectivity index (χ1v) is 12.0. The Bertz CT molecular complexity index is 1210. The number of carbonyl (C=O) groups is 1. The average molecular weight is 477 g/mol. The molecule has 0 unspecified atom stereocenters. The molecule has 0 spiro atoms. The molecule has 184 valence electrons. The third-order valence-corrected chi connectivity index (χ3v) is 5.82. The zero-order chi connectivity index (χ0) is 25.0. The van der Waals surface area contributed by atoms with Crippen molar-refractivity contribution in [1.29, 1.82) is 5.26 Å². The maximum absolute atomic E-state index is 12.2. The quantitative estimate of drug-likeness (QED) is 0.469. The number of hydrogen-bond acceptors (Lipinski definition) is 7. The Balaban J connectivity index is 1.22. The first-order chi connectivity index (χ1) is 16.7. The highest BCUT2D eigenvalue weighted by Gasteiger charge is 2.27. The van der Waals surface area contributed by atoms with Crippen molar-refractivity contribution >= 4 is 22.9 Å². The number of oxazole rings is 1. The van der Waals surface area contributed by atoms with E-state index in [1.54, 1.807) is 17.0 Å². The highest BCUT2D eigenvalue weighted by Crippen LogP contribution is 2.28. The SMILES string of the molecule is Cc1cc(C#N)cc2nc(-c3ccc(NCCOC4CCN(C(=O)OC(C)(C)C)CC4)cc3)oc12. The number of fused-ring (bicyclic) bond motifs is 1. The third kappa shape index (κ3) is 6.31. The zero-order valence-electron chi connectivity index (χ0n) is 20.8. The standard InChI is InChI=1S/C27H32N4O4/c1-18-15-19(17-28)16-23-24(18)34-25(30-23)20-5-7-21(8-6-20)29-11-14-33-22-9-12-31(13-10-22)26(32)35-27(2,3)4/h5-8,15-16,22,29H,9-14H2,1-4H3. The van der Waals surface area contributed by atoms with Crippen molar-refractivity contribution in [2.45, 2.75) is 52.2 Å². The topological polar surface area (TPSA) is 101 Å². The lowest BCUT2D eigenvalue weighted by atomic mass is 10.1. The van der Waals surface area contributed by atoms with Crippen molar-refractivity contribution < 1.29 is 18.7 Å². The molecule has 0 radical (unpaired) electrons. The second-order valence-electron chi connectivity index (χ2n) is 9.81. The third-order valence-electron chi connectivity index (χ3n) is 5.82. The van der Waals surface area contributed by atoms with Crippen LogP contribution in [0.4, 0.5) is 10.5 Å². The smallest absolute Gasteiger partial charge is 0.410 e. The number of anilines is 1. The second kappa shape index (κ2) is 10.4. The molecular weight excluding hydrogens is 444 g/mol. The molecular formula is C27H32N4O4. The molecule has 0 bridgehead atoms. The van der Waals surface area contributed by atoms with Gasteiger partial charge < -0.3 is 24.1 Å². The number of nitrogens with zero attached hydrogens (tertiary/aromatic N) is 3. The number of aromatic nitrogens is 1. The minimum absolute atomic E-state index is 0.155. The van der Waals surface area contributed by atoms with Gasteiger partial charge in [0.05, 0.1) is 24.3 Å². The number of nitriles is 1. The number of rotatable bonds is 6. The molecule has 8 heteroatoms. The van der Waals surface area contributed by atoms with Crippen molar-refractivity contribution in [1.82, 2.24) is 9.88 Å². The van der Waals surface area contributed by atoms with E-state index >= 15 is 0 Å². The number of nitrogens with one attached hydrogen (secondary N) is 1. The molecule has 1 fully saturated rings. The fourth-order valence-corrected chi connectivity index (χ4v) is 4.07. The van der Waals surface area contributed by atoms with Gasteiger partial charge in [-0.15, -0.1) is 0 Å².